The summed E-state index contributed by atoms with van der Waals surface area (Å²) in [5.41, 5.74) is -0.825. The summed E-state index contributed by atoms with van der Waals surface area (Å²) in [6.45, 7) is 5.20. The van der Waals surface area contributed by atoms with E-state index in [1.807, 2.05) is 0 Å². The number of carbonyl (C=O) groups is 1. The van der Waals surface area contributed by atoms with Crippen molar-refractivity contribution in [1.29, 1.82) is 5.26 Å². The molecule has 0 bridgehead atoms. The van der Waals surface area contributed by atoms with E-state index in [9.17, 15) is 13.2 Å². The Morgan fingerprint density at radius 3 is 2.62 bits per heavy atom. The largest absolute Gasteiger partial charge is 0.481 e. The van der Waals surface area contributed by atoms with Crippen molar-refractivity contribution < 1.29 is 18.3 Å². The second-order valence-electron chi connectivity index (χ2n) is 5.60. The van der Waals surface area contributed by atoms with Gasteiger partial charge in [0.15, 0.2) is 5.69 Å². The number of hydrogen-bond acceptors (Lipinski definition) is 5. The zero-order chi connectivity index (χ0) is 16.3. The molecule has 0 amide bonds. The molecule has 1 atom stereocenters. The highest BCUT2D eigenvalue weighted by Gasteiger charge is 2.32. The van der Waals surface area contributed by atoms with Crippen LogP contribution in [0.1, 0.15) is 32.9 Å². The average molecular weight is 311 g/mol. The number of nitrogens with zero attached hydrogens (tertiary/aromatic N) is 2. The number of carboxylic acid groups (broad SMARTS) is 1. The van der Waals surface area contributed by atoms with Gasteiger partial charge in [-0.3, -0.25) is 4.79 Å². The van der Waals surface area contributed by atoms with Crippen molar-refractivity contribution in [3.8, 4) is 6.07 Å². The maximum absolute atomic E-state index is 12.4. The normalized spacial score (nSPS) is 13.4. The zero-order valence-corrected chi connectivity index (χ0v) is 12.8. The minimum absolute atomic E-state index is 0.229. The molecule has 0 fully saturated rings. The lowest BCUT2D eigenvalue weighted by atomic mass is 9.85. The van der Waals surface area contributed by atoms with Crippen molar-refractivity contribution in [1.82, 2.24) is 9.71 Å². The van der Waals surface area contributed by atoms with E-state index >= 15 is 0 Å². The molecule has 2 N–H and O–H groups in total. The van der Waals surface area contributed by atoms with Crippen LogP contribution in [0.25, 0.3) is 0 Å². The summed E-state index contributed by atoms with van der Waals surface area (Å²) in [6, 6.07) is 3.55. The highest BCUT2D eigenvalue weighted by atomic mass is 32.2. The van der Waals surface area contributed by atoms with Gasteiger partial charge in [-0.25, -0.2) is 18.1 Å². The van der Waals surface area contributed by atoms with Crippen LogP contribution in [0.3, 0.4) is 0 Å². The van der Waals surface area contributed by atoms with Gasteiger partial charge in [-0.05, 0) is 17.5 Å². The molecule has 0 aliphatic carbocycles. The van der Waals surface area contributed by atoms with Gasteiger partial charge < -0.3 is 5.11 Å². The first kappa shape index (κ1) is 17.1. The fourth-order valence-electron chi connectivity index (χ4n) is 1.64. The number of nitrogens with one attached hydrogen (secondary N) is 1. The van der Waals surface area contributed by atoms with Crippen LogP contribution in [0.2, 0.25) is 0 Å². The van der Waals surface area contributed by atoms with Crippen LogP contribution in [0, 0.1) is 16.7 Å². The molecule has 0 aliphatic rings. The van der Waals surface area contributed by atoms with Gasteiger partial charge in [0.05, 0.1) is 6.42 Å². The van der Waals surface area contributed by atoms with Crippen LogP contribution in [0.4, 0.5) is 0 Å². The predicted molar refractivity (Wildman–Crippen MR) is 74.8 cm³/mol. The molecule has 1 unspecified atom stereocenters. The Kier molecular flexibility index (Phi) is 5.04. The van der Waals surface area contributed by atoms with E-state index in [-0.39, 0.29) is 17.0 Å². The Labute approximate surface area is 123 Å². The quantitative estimate of drug-likeness (QED) is 0.840. The first-order valence-corrected chi connectivity index (χ1v) is 7.65. The third-order valence-electron chi connectivity index (χ3n) is 2.89. The molecule has 0 aliphatic heterocycles. The molecule has 0 radical (unpaired) electrons. The van der Waals surface area contributed by atoms with E-state index in [0.717, 1.165) is 0 Å². The second kappa shape index (κ2) is 6.20. The first-order chi connectivity index (χ1) is 9.58. The molecule has 1 aromatic rings. The highest BCUT2D eigenvalue weighted by molar-refractivity contribution is 7.89. The maximum atomic E-state index is 12.4. The summed E-state index contributed by atoms with van der Waals surface area (Å²) >= 11 is 0. The zero-order valence-electron chi connectivity index (χ0n) is 12.0. The van der Waals surface area contributed by atoms with Crippen LogP contribution in [0.15, 0.2) is 23.2 Å². The number of nitriles is 1. The Hall–Kier alpha value is -1.98. The number of carboxylic acids is 1. The molecule has 0 saturated heterocycles. The van der Waals surface area contributed by atoms with Gasteiger partial charge in [0.25, 0.3) is 0 Å². The summed E-state index contributed by atoms with van der Waals surface area (Å²) in [7, 11) is -4.03. The number of aliphatic carboxylic acids is 1. The van der Waals surface area contributed by atoms with Crippen molar-refractivity contribution in [2.24, 2.45) is 5.41 Å². The molecular formula is C13H17N3O4S. The first-order valence-electron chi connectivity index (χ1n) is 6.17. The molecule has 1 rings (SSSR count). The third kappa shape index (κ3) is 4.51. The van der Waals surface area contributed by atoms with Crippen molar-refractivity contribution >= 4 is 16.0 Å². The van der Waals surface area contributed by atoms with Gasteiger partial charge in [0.1, 0.15) is 11.0 Å². The Balaban J connectivity index is 3.19. The lowest BCUT2D eigenvalue weighted by Gasteiger charge is -2.30. The van der Waals surface area contributed by atoms with Crippen LogP contribution >= 0.6 is 0 Å². The summed E-state index contributed by atoms with van der Waals surface area (Å²) in [5, 5.41) is 17.8. The summed E-state index contributed by atoms with van der Waals surface area (Å²) in [5.74, 6) is -1.11. The van der Waals surface area contributed by atoms with Crippen molar-refractivity contribution in [3.63, 3.8) is 0 Å². The van der Waals surface area contributed by atoms with Crippen molar-refractivity contribution in [3.05, 3.63) is 24.0 Å². The van der Waals surface area contributed by atoms with E-state index in [2.05, 4.69) is 9.71 Å². The monoisotopic (exact) mass is 311 g/mol. The van der Waals surface area contributed by atoms with E-state index in [1.54, 1.807) is 26.8 Å². The fourth-order valence-corrected chi connectivity index (χ4v) is 3.19. The molecule has 7 nitrogen and oxygen atoms in total. The van der Waals surface area contributed by atoms with Gasteiger partial charge in [-0.1, -0.05) is 20.8 Å². The molecular weight excluding hydrogens is 294 g/mol. The van der Waals surface area contributed by atoms with Crippen LogP contribution < -0.4 is 4.72 Å². The second-order valence-corrected chi connectivity index (χ2v) is 7.28. The van der Waals surface area contributed by atoms with E-state index in [0.29, 0.717) is 0 Å². The van der Waals surface area contributed by atoms with E-state index < -0.39 is 27.4 Å². The number of rotatable bonds is 5. The molecule has 21 heavy (non-hydrogen) atoms. The lowest BCUT2D eigenvalue weighted by Crippen LogP contribution is -2.45. The molecule has 114 valence electrons. The minimum atomic E-state index is -4.03. The van der Waals surface area contributed by atoms with E-state index in [1.165, 1.54) is 18.3 Å². The van der Waals surface area contributed by atoms with Gasteiger partial charge in [-0.2, -0.15) is 5.26 Å². The van der Waals surface area contributed by atoms with Crippen LogP contribution in [0.5, 0.6) is 0 Å². The number of hydrogen-bond donors (Lipinski definition) is 2. The standard InChI is InChI=1S/C13H17N3O4S/c1-13(2,3)11(7-12(17)18)16-21(19,20)10-5-4-6-15-9(10)8-14/h4-6,11,16H,7H2,1-3H3,(H,17,18). The fraction of sp³-hybridized carbons (Fsp3) is 0.462. The molecule has 8 heteroatoms. The minimum Gasteiger partial charge on any atom is -0.481 e. The topological polar surface area (TPSA) is 120 Å². The number of pyridine rings is 1. The Bertz CT molecular complexity index is 671. The van der Waals surface area contributed by atoms with Gasteiger partial charge >= 0.3 is 5.97 Å². The SMILES string of the molecule is CC(C)(C)C(CC(=O)O)NS(=O)(=O)c1cccnc1C#N. The van der Waals surface area contributed by atoms with Crippen molar-refractivity contribution in [2.45, 2.75) is 38.1 Å². The number of aromatic nitrogens is 1. The number of sulfonamides is 1. The predicted octanol–water partition coefficient (Wildman–Crippen LogP) is 1.12. The van der Waals surface area contributed by atoms with Crippen LogP contribution in [-0.4, -0.2) is 30.5 Å². The maximum Gasteiger partial charge on any atom is 0.304 e. The van der Waals surface area contributed by atoms with Gasteiger partial charge in [-0.15, -0.1) is 0 Å². The Morgan fingerprint density at radius 2 is 2.14 bits per heavy atom. The summed E-state index contributed by atoms with van der Waals surface area (Å²) in [4.78, 5) is 14.3. The molecule has 0 saturated carbocycles. The van der Waals surface area contributed by atoms with Gasteiger partial charge in [0.2, 0.25) is 10.0 Å². The lowest BCUT2D eigenvalue weighted by molar-refractivity contribution is -0.138. The molecule has 0 aromatic carbocycles. The van der Waals surface area contributed by atoms with Crippen LogP contribution in [-0.2, 0) is 14.8 Å². The molecule has 1 aromatic heterocycles. The smallest absolute Gasteiger partial charge is 0.304 e. The van der Waals surface area contributed by atoms with Crippen molar-refractivity contribution in [2.75, 3.05) is 0 Å². The van der Waals surface area contributed by atoms with E-state index in [4.69, 9.17) is 10.4 Å². The highest BCUT2D eigenvalue weighted by Crippen LogP contribution is 2.24. The molecule has 0 spiro atoms. The van der Waals surface area contributed by atoms with Gasteiger partial charge in [0, 0.05) is 12.2 Å². The third-order valence-corrected chi connectivity index (χ3v) is 4.39. The molecule has 1 heterocycles. The average Bonchev–Trinajstić information content (AvgIpc) is 2.36. The summed E-state index contributed by atoms with van der Waals surface area (Å²) in [6.07, 6.45) is 0.959. The summed E-state index contributed by atoms with van der Waals surface area (Å²) < 4.78 is 27.1. The Morgan fingerprint density at radius 1 is 1.52 bits per heavy atom.